The van der Waals surface area contributed by atoms with Crippen LogP contribution in [0.1, 0.15) is 5.56 Å². The van der Waals surface area contributed by atoms with Crippen molar-refractivity contribution < 1.29 is 0 Å². The summed E-state index contributed by atoms with van der Waals surface area (Å²) in [6.07, 6.45) is 5.09. The van der Waals surface area contributed by atoms with Crippen LogP contribution < -0.4 is 11.5 Å². The van der Waals surface area contributed by atoms with Crippen LogP contribution in [0.3, 0.4) is 0 Å². The van der Waals surface area contributed by atoms with E-state index in [9.17, 15) is 0 Å². The summed E-state index contributed by atoms with van der Waals surface area (Å²) < 4.78 is 0. The molecule has 5 nitrogen and oxygen atoms in total. The van der Waals surface area contributed by atoms with Gasteiger partial charge in [0.15, 0.2) is 0 Å². The van der Waals surface area contributed by atoms with Gasteiger partial charge >= 0.3 is 0 Å². The fourth-order valence-electron chi connectivity index (χ4n) is 2.12. The van der Waals surface area contributed by atoms with Gasteiger partial charge in [-0.3, -0.25) is 4.98 Å². The zero-order chi connectivity index (χ0) is 13.4. The molecular weight excluding hydrogens is 238 g/mol. The van der Waals surface area contributed by atoms with Crippen molar-refractivity contribution in [1.82, 2.24) is 15.2 Å². The minimum absolute atomic E-state index is 0.599. The van der Waals surface area contributed by atoms with E-state index >= 15 is 0 Å². The molecule has 2 heterocycles. The van der Waals surface area contributed by atoms with Crippen LogP contribution in [-0.4, -0.2) is 15.2 Å². The normalized spacial score (nSPS) is 10.8. The molecule has 0 saturated carbocycles. The van der Waals surface area contributed by atoms with Crippen LogP contribution in [0.5, 0.6) is 0 Å². The average molecular weight is 251 g/mol. The first-order valence-corrected chi connectivity index (χ1v) is 5.88. The molecule has 0 aliphatic heterocycles. The van der Waals surface area contributed by atoms with Crippen molar-refractivity contribution >= 4 is 22.3 Å². The van der Waals surface area contributed by atoms with Gasteiger partial charge in [-0.15, -0.1) is 5.10 Å². The van der Waals surface area contributed by atoms with Crippen molar-refractivity contribution in [3.63, 3.8) is 0 Å². The maximum atomic E-state index is 6.03. The molecule has 0 spiro atoms. The predicted molar refractivity (Wildman–Crippen MR) is 76.3 cm³/mol. The Morgan fingerprint density at radius 1 is 1.05 bits per heavy atom. The molecule has 0 bridgehead atoms. The van der Waals surface area contributed by atoms with Crippen LogP contribution in [-0.2, 0) is 0 Å². The summed E-state index contributed by atoms with van der Waals surface area (Å²) in [4.78, 5) is 4.14. The van der Waals surface area contributed by atoms with Gasteiger partial charge in [0, 0.05) is 17.1 Å². The van der Waals surface area contributed by atoms with E-state index in [2.05, 4.69) is 15.2 Å². The molecule has 0 radical (unpaired) electrons. The summed E-state index contributed by atoms with van der Waals surface area (Å²) >= 11 is 0. The number of anilines is 2. The Morgan fingerprint density at radius 3 is 2.74 bits per heavy atom. The van der Waals surface area contributed by atoms with E-state index in [-0.39, 0.29) is 0 Å². The number of fused-ring (bicyclic) bond motifs is 1. The lowest BCUT2D eigenvalue weighted by Gasteiger charge is -2.10. The largest absolute Gasteiger partial charge is 0.397 e. The molecule has 19 heavy (non-hydrogen) atoms. The zero-order valence-electron chi connectivity index (χ0n) is 10.5. The molecule has 0 fully saturated rings. The first-order chi connectivity index (χ1) is 9.16. The standard InChI is InChI=1S/C14H13N5/c1-8-11(6-17-7-13(8)16)10-4-9-2-3-18-19-14(9)12(15)5-10/h2-7H,15-16H2,1H3. The van der Waals surface area contributed by atoms with Crippen LogP contribution >= 0.6 is 0 Å². The molecule has 0 amide bonds. The fourth-order valence-corrected chi connectivity index (χ4v) is 2.12. The highest BCUT2D eigenvalue weighted by Gasteiger charge is 2.08. The van der Waals surface area contributed by atoms with Crippen LogP contribution in [0.15, 0.2) is 36.8 Å². The second kappa shape index (κ2) is 4.20. The third-order valence-corrected chi connectivity index (χ3v) is 3.21. The van der Waals surface area contributed by atoms with Gasteiger partial charge in [-0.2, -0.15) is 5.10 Å². The number of nitrogens with two attached hydrogens (primary N) is 2. The Bertz CT molecular complexity index is 767. The minimum atomic E-state index is 0.599. The zero-order valence-corrected chi connectivity index (χ0v) is 10.5. The van der Waals surface area contributed by atoms with E-state index in [4.69, 9.17) is 11.5 Å². The number of rotatable bonds is 1. The molecule has 0 saturated heterocycles. The summed E-state index contributed by atoms with van der Waals surface area (Å²) in [6, 6.07) is 5.78. The third-order valence-electron chi connectivity index (χ3n) is 3.21. The summed E-state index contributed by atoms with van der Waals surface area (Å²) in [6.45, 7) is 1.97. The first-order valence-electron chi connectivity index (χ1n) is 5.88. The van der Waals surface area contributed by atoms with E-state index < -0.39 is 0 Å². The van der Waals surface area contributed by atoms with Gasteiger partial charge in [-0.25, -0.2) is 0 Å². The Labute approximate surface area is 110 Å². The molecule has 2 aromatic heterocycles. The Morgan fingerprint density at radius 2 is 1.89 bits per heavy atom. The predicted octanol–water partition coefficient (Wildman–Crippen LogP) is 2.16. The second-order valence-electron chi connectivity index (χ2n) is 4.44. The molecule has 3 rings (SSSR count). The lowest BCUT2D eigenvalue weighted by atomic mass is 9.99. The van der Waals surface area contributed by atoms with Crippen molar-refractivity contribution in [3.8, 4) is 11.1 Å². The van der Waals surface area contributed by atoms with Crippen LogP contribution in [0, 0.1) is 6.92 Å². The van der Waals surface area contributed by atoms with Gasteiger partial charge in [0.2, 0.25) is 0 Å². The van der Waals surface area contributed by atoms with Gasteiger partial charge in [0.1, 0.15) is 5.52 Å². The van der Waals surface area contributed by atoms with Crippen LogP contribution in [0.2, 0.25) is 0 Å². The highest BCUT2D eigenvalue weighted by molar-refractivity contribution is 5.94. The molecule has 94 valence electrons. The number of nitrogen functional groups attached to an aromatic ring is 2. The number of benzene rings is 1. The van der Waals surface area contributed by atoms with Crippen LogP contribution in [0.4, 0.5) is 11.4 Å². The van der Waals surface area contributed by atoms with Crippen LogP contribution in [0.25, 0.3) is 22.0 Å². The molecule has 1 aromatic carbocycles. The maximum absolute atomic E-state index is 6.03. The van der Waals surface area contributed by atoms with Gasteiger partial charge < -0.3 is 11.5 Å². The fraction of sp³-hybridized carbons (Fsp3) is 0.0714. The lowest BCUT2D eigenvalue weighted by molar-refractivity contribution is 1.08. The molecule has 0 atom stereocenters. The minimum Gasteiger partial charge on any atom is -0.397 e. The Balaban J connectivity index is 2.29. The van der Waals surface area contributed by atoms with Gasteiger partial charge in [-0.1, -0.05) is 0 Å². The third kappa shape index (κ3) is 1.85. The topological polar surface area (TPSA) is 90.7 Å². The Hall–Kier alpha value is -2.69. The molecule has 4 N–H and O–H groups in total. The summed E-state index contributed by atoms with van der Waals surface area (Å²) in [5, 5.41) is 8.84. The highest BCUT2D eigenvalue weighted by atomic mass is 15.1. The first kappa shape index (κ1) is 11.4. The lowest BCUT2D eigenvalue weighted by Crippen LogP contribution is -1.96. The number of aromatic nitrogens is 3. The molecule has 0 unspecified atom stereocenters. The van der Waals surface area contributed by atoms with Crippen molar-refractivity contribution in [1.29, 1.82) is 0 Å². The Kier molecular flexibility index (Phi) is 2.52. The van der Waals surface area contributed by atoms with Gasteiger partial charge in [0.05, 0.1) is 23.8 Å². The number of hydrogen-bond acceptors (Lipinski definition) is 5. The maximum Gasteiger partial charge on any atom is 0.116 e. The van der Waals surface area contributed by atoms with E-state index in [1.807, 2.05) is 25.1 Å². The van der Waals surface area contributed by atoms with Crippen molar-refractivity contribution in [3.05, 3.63) is 42.4 Å². The number of hydrogen-bond donors (Lipinski definition) is 2. The second-order valence-corrected chi connectivity index (χ2v) is 4.44. The average Bonchev–Trinajstić information content (AvgIpc) is 2.42. The van der Waals surface area contributed by atoms with Gasteiger partial charge in [-0.05, 0) is 36.2 Å². The van der Waals surface area contributed by atoms with Crippen molar-refractivity contribution in [2.45, 2.75) is 6.92 Å². The van der Waals surface area contributed by atoms with E-state index in [1.54, 1.807) is 18.6 Å². The summed E-state index contributed by atoms with van der Waals surface area (Å²) in [5.74, 6) is 0. The van der Waals surface area contributed by atoms with Crippen molar-refractivity contribution in [2.75, 3.05) is 11.5 Å². The molecule has 0 aliphatic carbocycles. The van der Waals surface area contributed by atoms with Crippen molar-refractivity contribution in [2.24, 2.45) is 0 Å². The quantitative estimate of drug-likeness (QED) is 0.647. The van der Waals surface area contributed by atoms with E-state index in [0.29, 0.717) is 16.9 Å². The summed E-state index contributed by atoms with van der Waals surface area (Å²) in [5.41, 5.74) is 16.9. The van der Waals surface area contributed by atoms with E-state index in [1.165, 1.54) is 0 Å². The number of pyridine rings is 1. The molecule has 3 aromatic rings. The van der Waals surface area contributed by atoms with E-state index in [0.717, 1.165) is 22.1 Å². The molecular formula is C14H13N5. The molecule has 5 heteroatoms. The summed E-state index contributed by atoms with van der Waals surface area (Å²) in [7, 11) is 0. The van der Waals surface area contributed by atoms with Gasteiger partial charge in [0.25, 0.3) is 0 Å². The smallest absolute Gasteiger partial charge is 0.116 e. The number of nitrogens with zero attached hydrogens (tertiary/aromatic N) is 3. The highest BCUT2D eigenvalue weighted by Crippen LogP contribution is 2.30. The SMILES string of the molecule is Cc1c(N)cncc1-c1cc(N)c2nnccc2c1. The molecule has 0 aliphatic rings. The monoisotopic (exact) mass is 251 g/mol.